The van der Waals surface area contributed by atoms with Crippen molar-refractivity contribution >= 4 is 0 Å². The van der Waals surface area contributed by atoms with Crippen molar-refractivity contribution in [3.63, 3.8) is 0 Å². The van der Waals surface area contributed by atoms with Gasteiger partial charge < -0.3 is 10.8 Å². The maximum absolute atomic E-state index is 9.96. The smallest absolute Gasteiger partial charge is 0.0692 e. The average Bonchev–Trinajstić information content (AvgIpc) is 1.87. The minimum absolute atomic E-state index is 0.318. The lowest BCUT2D eigenvalue weighted by Gasteiger charge is -2.47. The van der Waals surface area contributed by atoms with Crippen LogP contribution in [-0.2, 0) is 0 Å². The standard InChI is InChI=1S/C9H19NO/c1-3-8(6-10)9(11)4-7(2)5-9/h7-8,11H,3-6,10H2,1-2H3. The fourth-order valence-corrected chi connectivity index (χ4v) is 2.25. The molecule has 0 radical (unpaired) electrons. The van der Waals surface area contributed by atoms with Gasteiger partial charge in [-0.2, -0.15) is 0 Å². The van der Waals surface area contributed by atoms with Gasteiger partial charge >= 0.3 is 0 Å². The minimum Gasteiger partial charge on any atom is -0.390 e. The van der Waals surface area contributed by atoms with Crippen molar-refractivity contribution in [1.82, 2.24) is 0 Å². The molecule has 0 amide bonds. The van der Waals surface area contributed by atoms with E-state index in [2.05, 4.69) is 13.8 Å². The van der Waals surface area contributed by atoms with Crippen LogP contribution in [0, 0.1) is 11.8 Å². The molecule has 1 rings (SSSR count). The van der Waals surface area contributed by atoms with E-state index in [1.807, 2.05) is 0 Å². The zero-order valence-corrected chi connectivity index (χ0v) is 7.51. The summed E-state index contributed by atoms with van der Waals surface area (Å²) in [5.74, 6) is 1.01. The summed E-state index contributed by atoms with van der Waals surface area (Å²) >= 11 is 0. The highest BCUT2D eigenvalue weighted by atomic mass is 16.3. The third kappa shape index (κ3) is 1.57. The van der Waals surface area contributed by atoms with Crippen molar-refractivity contribution < 1.29 is 5.11 Å². The van der Waals surface area contributed by atoms with Crippen LogP contribution in [0.1, 0.15) is 33.1 Å². The van der Waals surface area contributed by atoms with Crippen molar-refractivity contribution in [2.45, 2.75) is 38.7 Å². The first kappa shape index (κ1) is 9.01. The monoisotopic (exact) mass is 157 g/mol. The molecule has 0 heterocycles. The second-order valence-corrected chi connectivity index (χ2v) is 3.96. The second-order valence-electron chi connectivity index (χ2n) is 3.96. The molecule has 1 aliphatic carbocycles. The third-order valence-corrected chi connectivity index (χ3v) is 2.94. The predicted octanol–water partition coefficient (Wildman–Crippen LogP) is 1.13. The molecule has 1 fully saturated rings. The van der Waals surface area contributed by atoms with Crippen LogP contribution in [0.4, 0.5) is 0 Å². The van der Waals surface area contributed by atoms with Gasteiger partial charge in [0.15, 0.2) is 0 Å². The van der Waals surface area contributed by atoms with E-state index in [1.165, 1.54) is 0 Å². The molecule has 3 N–H and O–H groups in total. The van der Waals surface area contributed by atoms with Crippen molar-refractivity contribution in [1.29, 1.82) is 0 Å². The molecule has 0 aromatic heterocycles. The second kappa shape index (κ2) is 3.11. The van der Waals surface area contributed by atoms with Gasteiger partial charge in [-0.25, -0.2) is 0 Å². The van der Waals surface area contributed by atoms with Gasteiger partial charge in [-0.15, -0.1) is 0 Å². The first-order chi connectivity index (χ1) is 5.12. The Morgan fingerprint density at radius 3 is 2.45 bits per heavy atom. The average molecular weight is 157 g/mol. The maximum Gasteiger partial charge on any atom is 0.0692 e. The fourth-order valence-electron chi connectivity index (χ4n) is 2.25. The molecule has 66 valence electrons. The van der Waals surface area contributed by atoms with E-state index in [0.717, 1.165) is 19.3 Å². The summed E-state index contributed by atoms with van der Waals surface area (Å²) in [6.07, 6.45) is 2.89. The van der Waals surface area contributed by atoms with Gasteiger partial charge in [-0.3, -0.25) is 0 Å². The number of nitrogens with two attached hydrogens (primary N) is 1. The lowest BCUT2D eigenvalue weighted by Crippen LogP contribution is -2.51. The van der Waals surface area contributed by atoms with Crippen LogP contribution in [-0.4, -0.2) is 17.3 Å². The Morgan fingerprint density at radius 2 is 2.18 bits per heavy atom. The van der Waals surface area contributed by atoms with E-state index in [1.54, 1.807) is 0 Å². The van der Waals surface area contributed by atoms with Gasteiger partial charge in [0.05, 0.1) is 5.60 Å². The summed E-state index contributed by atoms with van der Waals surface area (Å²) in [7, 11) is 0. The molecular formula is C9H19NO. The summed E-state index contributed by atoms with van der Waals surface area (Å²) in [6, 6.07) is 0. The molecule has 11 heavy (non-hydrogen) atoms. The van der Waals surface area contributed by atoms with E-state index in [9.17, 15) is 5.11 Å². The van der Waals surface area contributed by atoms with Gasteiger partial charge in [0.25, 0.3) is 0 Å². The topological polar surface area (TPSA) is 46.2 Å². The van der Waals surface area contributed by atoms with E-state index < -0.39 is 5.60 Å². The lowest BCUT2D eigenvalue weighted by atomic mass is 9.64. The van der Waals surface area contributed by atoms with Crippen molar-refractivity contribution in [2.24, 2.45) is 17.6 Å². The van der Waals surface area contributed by atoms with Gasteiger partial charge in [-0.05, 0) is 37.6 Å². The van der Waals surface area contributed by atoms with Crippen LogP contribution in [0.25, 0.3) is 0 Å². The van der Waals surface area contributed by atoms with Crippen LogP contribution >= 0.6 is 0 Å². The fraction of sp³-hybridized carbons (Fsp3) is 1.00. The molecular weight excluding hydrogens is 138 g/mol. The van der Waals surface area contributed by atoms with Crippen LogP contribution < -0.4 is 5.73 Å². The highest BCUT2D eigenvalue weighted by Crippen LogP contribution is 2.43. The molecule has 0 aromatic rings. The molecule has 2 nitrogen and oxygen atoms in total. The SMILES string of the molecule is CCC(CN)C1(O)CC(C)C1. The Morgan fingerprint density at radius 1 is 1.64 bits per heavy atom. The van der Waals surface area contributed by atoms with Crippen LogP contribution in [0.3, 0.4) is 0 Å². The first-order valence-corrected chi connectivity index (χ1v) is 4.55. The Balaban J connectivity index is 2.44. The molecule has 1 atom stereocenters. The molecule has 2 heteroatoms. The maximum atomic E-state index is 9.96. The normalized spacial score (nSPS) is 39.8. The number of rotatable bonds is 3. The van der Waals surface area contributed by atoms with Crippen molar-refractivity contribution in [3.8, 4) is 0 Å². The van der Waals surface area contributed by atoms with Gasteiger partial charge in [-0.1, -0.05) is 13.8 Å². The van der Waals surface area contributed by atoms with Crippen LogP contribution in [0.2, 0.25) is 0 Å². The molecule has 0 saturated heterocycles. The Bertz CT molecular complexity index is 126. The highest BCUT2D eigenvalue weighted by molar-refractivity contribution is 4.97. The molecule has 1 aliphatic rings. The lowest BCUT2D eigenvalue weighted by molar-refractivity contribution is -0.111. The molecule has 0 spiro atoms. The van der Waals surface area contributed by atoms with Crippen LogP contribution in [0.5, 0.6) is 0 Å². The van der Waals surface area contributed by atoms with E-state index in [4.69, 9.17) is 5.73 Å². The molecule has 1 unspecified atom stereocenters. The molecule has 1 saturated carbocycles. The van der Waals surface area contributed by atoms with Gasteiger partial charge in [0.1, 0.15) is 0 Å². The van der Waals surface area contributed by atoms with Crippen molar-refractivity contribution in [2.75, 3.05) is 6.54 Å². The third-order valence-electron chi connectivity index (χ3n) is 2.94. The Labute approximate surface area is 68.8 Å². The Kier molecular flexibility index (Phi) is 2.55. The number of hydrogen-bond acceptors (Lipinski definition) is 2. The summed E-state index contributed by atoms with van der Waals surface area (Å²) in [5.41, 5.74) is 5.15. The van der Waals surface area contributed by atoms with E-state index in [-0.39, 0.29) is 0 Å². The summed E-state index contributed by atoms with van der Waals surface area (Å²) < 4.78 is 0. The largest absolute Gasteiger partial charge is 0.390 e. The zero-order chi connectivity index (χ0) is 8.48. The van der Waals surface area contributed by atoms with Crippen LogP contribution in [0.15, 0.2) is 0 Å². The first-order valence-electron chi connectivity index (χ1n) is 4.55. The summed E-state index contributed by atoms with van der Waals surface area (Å²) in [4.78, 5) is 0. The van der Waals surface area contributed by atoms with Crippen molar-refractivity contribution in [3.05, 3.63) is 0 Å². The summed E-state index contributed by atoms with van der Waals surface area (Å²) in [5, 5.41) is 9.96. The molecule has 0 bridgehead atoms. The van der Waals surface area contributed by atoms with Gasteiger partial charge in [0, 0.05) is 0 Å². The van der Waals surface area contributed by atoms with E-state index >= 15 is 0 Å². The highest BCUT2D eigenvalue weighted by Gasteiger charge is 2.44. The quantitative estimate of drug-likeness (QED) is 0.645. The Hall–Kier alpha value is -0.0800. The van der Waals surface area contributed by atoms with E-state index in [0.29, 0.717) is 18.4 Å². The minimum atomic E-state index is -0.414. The summed E-state index contributed by atoms with van der Waals surface area (Å²) in [6.45, 7) is 4.90. The number of hydrogen-bond donors (Lipinski definition) is 2. The predicted molar refractivity (Wildman–Crippen MR) is 46.2 cm³/mol. The zero-order valence-electron chi connectivity index (χ0n) is 7.51. The number of aliphatic hydroxyl groups is 1. The molecule has 0 aromatic carbocycles. The molecule has 0 aliphatic heterocycles. The van der Waals surface area contributed by atoms with Gasteiger partial charge in [0.2, 0.25) is 0 Å².